The number of hydrogen-bond donors (Lipinski definition) is 1. The number of benzene rings is 1. The van der Waals surface area contributed by atoms with Gasteiger partial charge in [0.1, 0.15) is 5.75 Å². The number of aliphatic hydroxyl groups is 1. The van der Waals surface area contributed by atoms with Crippen LogP contribution in [0.5, 0.6) is 5.75 Å². The van der Waals surface area contributed by atoms with Crippen molar-refractivity contribution in [1.29, 1.82) is 0 Å². The summed E-state index contributed by atoms with van der Waals surface area (Å²) >= 11 is 0. The third-order valence-electron chi connectivity index (χ3n) is 3.93. The largest absolute Gasteiger partial charge is 0.483 e. The van der Waals surface area contributed by atoms with Gasteiger partial charge in [-0.2, -0.15) is 0 Å². The highest BCUT2D eigenvalue weighted by Crippen LogP contribution is 2.26. The average Bonchev–Trinajstić information content (AvgIpc) is 2.73. The van der Waals surface area contributed by atoms with Crippen LogP contribution < -0.4 is 4.74 Å². The van der Waals surface area contributed by atoms with E-state index >= 15 is 0 Å². The molecule has 4 heteroatoms. The van der Waals surface area contributed by atoms with Crippen molar-refractivity contribution in [3.63, 3.8) is 0 Å². The summed E-state index contributed by atoms with van der Waals surface area (Å²) in [7, 11) is 0. The Morgan fingerprint density at radius 2 is 1.95 bits per heavy atom. The van der Waals surface area contributed by atoms with E-state index in [1.165, 1.54) is 12.8 Å². The number of aliphatic hydroxyl groups excluding tert-OH is 1. The van der Waals surface area contributed by atoms with Crippen molar-refractivity contribution in [3.05, 3.63) is 29.3 Å². The standard InChI is InChI=1S/C17H25NO3/c1-13-7-8-15(14(2)19)16(11-13)21-12-17(20)18-9-5-3-4-6-10-18/h7-8,11,14,19H,3-6,9-10,12H2,1-2H3/t14-/m1/s1. The van der Waals surface area contributed by atoms with Crippen molar-refractivity contribution in [2.24, 2.45) is 0 Å². The van der Waals surface area contributed by atoms with Gasteiger partial charge < -0.3 is 14.7 Å². The summed E-state index contributed by atoms with van der Waals surface area (Å²) in [6, 6.07) is 5.66. The van der Waals surface area contributed by atoms with E-state index in [4.69, 9.17) is 4.74 Å². The van der Waals surface area contributed by atoms with Gasteiger partial charge in [-0.15, -0.1) is 0 Å². The van der Waals surface area contributed by atoms with E-state index in [9.17, 15) is 9.90 Å². The van der Waals surface area contributed by atoms with Crippen LogP contribution >= 0.6 is 0 Å². The molecule has 1 aliphatic heterocycles. The summed E-state index contributed by atoms with van der Waals surface area (Å²) in [5.41, 5.74) is 1.78. The van der Waals surface area contributed by atoms with Crippen LogP contribution in [0.25, 0.3) is 0 Å². The smallest absolute Gasteiger partial charge is 0.260 e. The number of aryl methyl sites for hydroxylation is 1. The Balaban J connectivity index is 1.98. The molecule has 0 radical (unpaired) electrons. The van der Waals surface area contributed by atoms with E-state index in [1.807, 2.05) is 30.0 Å². The van der Waals surface area contributed by atoms with Crippen molar-refractivity contribution in [3.8, 4) is 5.75 Å². The Morgan fingerprint density at radius 3 is 2.57 bits per heavy atom. The molecule has 1 aromatic carbocycles. The van der Waals surface area contributed by atoms with Gasteiger partial charge in [-0.1, -0.05) is 25.0 Å². The first kappa shape index (κ1) is 15.8. The normalized spacial score (nSPS) is 17.2. The summed E-state index contributed by atoms with van der Waals surface area (Å²) in [6.45, 7) is 5.38. The Morgan fingerprint density at radius 1 is 1.29 bits per heavy atom. The molecular weight excluding hydrogens is 266 g/mol. The number of rotatable bonds is 4. The Hall–Kier alpha value is -1.55. The zero-order chi connectivity index (χ0) is 15.2. The first-order chi connectivity index (χ1) is 10.1. The minimum Gasteiger partial charge on any atom is -0.483 e. The molecule has 0 unspecified atom stereocenters. The van der Waals surface area contributed by atoms with Gasteiger partial charge in [0.25, 0.3) is 5.91 Å². The zero-order valence-electron chi connectivity index (χ0n) is 13.0. The van der Waals surface area contributed by atoms with E-state index in [0.717, 1.165) is 37.1 Å². The molecule has 2 rings (SSSR count). The monoisotopic (exact) mass is 291 g/mol. The molecule has 1 amide bonds. The maximum absolute atomic E-state index is 12.2. The summed E-state index contributed by atoms with van der Waals surface area (Å²) in [5.74, 6) is 0.642. The van der Waals surface area contributed by atoms with Crippen LogP contribution in [-0.4, -0.2) is 35.6 Å². The molecule has 1 aliphatic rings. The fraction of sp³-hybridized carbons (Fsp3) is 0.588. The average molecular weight is 291 g/mol. The first-order valence-electron chi connectivity index (χ1n) is 7.77. The molecule has 1 heterocycles. The molecule has 1 aromatic rings. The number of nitrogens with zero attached hydrogens (tertiary/aromatic N) is 1. The van der Waals surface area contributed by atoms with E-state index in [-0.39, 0.29) is 12.5 Å². The second-order valence-electron chi connectivity index (χ2n) is 5.80. The number of carbonyl (C=O) groups excluding carboxylic acids is 1. The lowest BCUT2D eigenvalue weighted by molar-refractivity contribution is -0.133. The van der Waals surface area contributed by atoms with Gasteiger partial charge in [0.2, 0.25) is 0 Å². The maximum atomic E-state index is 12.2. The van der Waals surface area contributed by atoms with Crippen LogP contribution in [0.4, 0.5) is 0 Å². The summed E-state index contributed by atoms with van der Waals surface area (Å²) < 4.78 is 5.68. The first-order valence-corrected chi connectivity index (χ1v) is 7.77. The maximum Gasteiger partial charge on any atom is 0.260 e. The number of likely N-dealkylation sites (tertiary alicyclic amines) is 1. The summed E-state index contributed by atoms with van der Waals surface area (Å²) in [4.78, 5) is 14.1. The highest BCUT2D eigenvalue weighted by Gasteiger charge is 2.17. The number of hydrogen-bond acceptors (Lipinski definition) is 3. The zero-order valence-corrected chi connectivity index (χ0v) is 13.0. The number of amides is 1. The molecule has 116 valence electrons. The van der Waals surface area contributed by atoms with Crippen molar-refractivity contribution < 1.29 is 14.6 Å². The van der Waals surface area contributed by atoms with Crippen LogP contribution in [0.3, 0.4) is 0 Å². The minimum absolute atomic E-state index is 0.0370. The fourth-order valence-corrected chi connectivity index (χ4v) is 2.66. The van der Waals surface area contributed by atoms with Gasteiger partial charge in [-0.05, 0) is 38.3 Å². The minimum atomic E-state index is -0.603. The fourth-order valence-electron chi connectivity index (χ4n) is 2.66. The number of carbonyl (C=O) groups is 1. The molecule has 0 spiro atoms. The lowest BCUT2D eigenvalue weighted by Crippen LogP contribution is -2.35. The molecule has 0 saturated carbocycles. The Labute approximate surface area is 126 Å². The molecule has 1 atom stereocenters. The molecule has 0 aliphatic carbocycles. The molecule has 21 heavy (non-hydrogen) atoms. The van der Waals surface area contributed by atoms with Crippen molar-refractivity contribution in [2.75, 3.05) is 19.7 Å². The molecule has 1 saturated heterocycles. The van der Waals surface area contributed by atoms with Crippen molar-refractivity contribution in [1.82, 2.24) is 4.90 Å². The Kier molecular flexibility index (Phi) is 5.62. The molecule has 0 aromatic heterocycles. The third-order valence-corrected chi connectivity index (χ3v) is 3.93. The van der Waals surface area contributed by atoms with E-state index in [2.05, 4.69) is 0 Å². The van der Waals surface area contributed by atoms with Gasteiger partial charge in [-0.25, -0.2) is 0 Å². The molecule has 4 nitrogen and oxygen atoms in total. The predicted molar refractivity (Wildman–Crippen MR) is 82.4 cm³/mol. The van der Waals surface area contributed by atoms with Crippen molar-refractivity contribution >= 4 is 5.91 Å². The highest BCUT2D eigenvalue weighted by molar-refractivity contribution is 5.77. The molecular formula is C17H25NO3. The Bertz CT molecular complexity index is 477. The van der Waals surface area contributed by atoms with Gasteiger partial charge in [-0.3, -0.25) is 4.79 Å². The third kappa shape index (κ3) is 4.46. The SMILES string of the molecule is Cc1ccc([C@@H](C)O)c(OCC(=O)N2CCCCCC2)c1. The molecule has 1 fully saturated rings. The van der Waals surface area contributed by atoms with Gasteiger partial charge in [0.15, 0.2) is 6.61 Å². The van der Waals surface area contributed by atoms with E-state index in [0.29, 0.717) is 5.75 Å². The van der Waals surface area contributed by atoms with Crippen LogP contribution in [0, 0.1) is 6.92 Å². The van der Waals surface area contributed by atoms with Crippen LogP contribution in [0.2, 0.25) is 0 Å². The summed E-state index contributed by atoms with van der Waals surface area (Å²) in [5, 5.41) is 9.77. The highest BCUT2D eigenvalue weighted by atomic mass is 16.5. The van der Waals surface area contributed by atoms with Crippen LogP contribution in [0.1, 0.15) is 49.8 Å². The lowest BCUT2D eigenvalue weighted by Gasteiger charge is -2.21. The van der Waals surface area contributed by atoms with Crippen LogP contribution in [0.15, 0.2) is 18.2 Å². The van der Waals surface area contributed by atoms with Gasteiger partial charge >= 0.3 is 0 Å². The van der Waals surface area contributed by atoms with Crippen LogP contribution in [-0.2, 0) is 4.79 Å². The molecule has 0 bridgehead atoms. The number of ether oxygens (including phenoxy) is 1. The quantitative estimate of drug-likeness (QED) is 0.928. The van der Waals surface area contributed by atoms with E-state index < -0.39 is 6.10 Å². The topological polar surface area (TPSA) is 49.8 Å². The predicted octanol–water partition coefficient (Wildman–Crippen LogP) is 2.83. The van der Waals surface area contributed by atoms with Gasteiger partial charge in [0.05, 0.1) is 6.10 Å². The molecule has 1 N–H and O–H groups in total. The second kappa shape index (κ2) is 7.46. The lowest BCUT2D eigenvalue weighted by atomic mass is 10.1. The summed E-state index contributed by atoms with van der Waals surface area (Å²) in [6.07, 6.45) is 3.96. The van der Waals surface area contributed by atoms with E-state index in [1.54, 1.807) is 6.92 Å². The second-order valence-corrected chi connectivity index (χ2v) is 5.80. The van der Waals surface area contributed by atoms with Crippen molar-refractivity contribution in [2.45, 2.75) is 45.6 Å². The van der Waals surface area contributed by atoms with Gasteiger partial charge in [0, 0.05) is 18.7 Å².